The van der Waals surface area contributed by atoms with Gasteiger partial charge in [0.2, 0.25) is 15.9 Å². The first-order valence-corrected chi connectivity index (χ1v) is 16.3. The molecule has 0 saturated carbocycles. The first-order chi connectivity index (χ1) is 19.6. The summed E-state index contributed by atoms with van der Waals surface area (Å²) in [5, 5.41) is 2.63. The maximum atomic E-state index is 13.7. The lowest BCUT2D eigenvalue weighted by molar-refractivity contribution is -0.114. The Labute approximate surface area is 248 Å². The number of carbonyl (C=O) groups excluding carboxylic acids is 1. The molecule has 1 aliphatic heterocycles. The van der Waals surface area contributed by atoms with Crippen LogP contribution in [0.2, 0.25) is 0 Å². The predicted molar refractivity (Wildman–Crippen MR) is 157 cm³/mol. The molecule has 11 nitrogen and oxygen atoms in total. The molecule has 0 atom stereocenters. The number of carbonyl (C=O) groups is 1. The van der Waals surface area contributed by atoms with Crippen LogP contribution in [0, 0.1) is 0 Å². The molecule has 0 unspecified atom stereocenters. The Bertz CT molecular complexity index is 1580. The summed E-state index contributed by atoms with van der Waals surface area (Å²) < 4.78 is 73.0. The van der Waals surface area contributed by atoms with E-state index in [1.165, 1.54) is 41.7 Å². The normalized spacial score (nSPS) is 14.3. The predicted octanol–water partition coefficient (Wildman–Crippen LogP) is 3.71. The van der Waals surface area contributed by atoms with E-state index in [4.69, 9.17) is 14.2 Å². The van der Waals surface area contributed by atoms with E-state index in [1.807, 2.05) is 6.92 Å². The summed E-state index contributed by atoms with van der Waals surface area (Å²) in [6.07, 6.45) is 0. The summed E-state index contributed by atoms with van der Waals surface area (Å²) in [6.45, 7) is 2.61. The number of sulfonamides is 2. The minimum Gasteiger partial charge on any atom is -0.495 e. The van der Waals surface area contributed by atoms with Gasteiger partial charge in [0.25, 0.3) is 10.0 Å². The number of anilines is 2. The van der Waals surface area contributed by atoms with Crippen LogP contribution in [0.25, 0.3) is 0 Å². The van der Waals surface area contributed by atoms with Crippen LogP contribution in [0.1, 0.15) is 6.92 Å². The number of hydrogen-bond donors (Lipinski definition) is 1. The van der Waals surface area contributed by atoms with Crippen LogP contribution in [0.5, 0.6) is 11.5 Å². The molecule has 4 rings (SSSR count). The van der Waals surface area contributed by atoms with Gasteiger partial charge >= 0.3 is 0 Å². The van der Waals surface area contributed by atoms with Gasteiger partial charge in [-0.1, -0.05) is 15.9 Å². The minimum absolute atomic E-state index is 0.00859. The summed E-state index contributed by atoms with van der Waals surface area (Å²) in [5.74, 6) is -0.0169. The van der Waals surface area contributed by atoms with Crippen LogP contribution in [-0.2, 0) is 29.6 Å². The summed E-state index contributed by atoms with van der Waals surface area (Å²) in [7, 11) is -6.75. The third-order valence-corrected chi connectivity index (χ3v) is 10.4. The van der Waals surface area contributed by atoms with Gasteiger partial charge < -0.3 is 19.5 Å². The lowest BCUT2D eigenvalue weighted by Gasteiger charge is -2.27. The fraction of sp³-hybridized carbons (Fsp3) is 0.296. The third-order valence-electron chi connectivity index (χ3n) is 6.16. The standard InChI is InChI=1S/C27H30BrN3O8S2/c1-3-39-23-9-7-22(8-10-23)31(40(33,34)24-11-4-20(28)5-12-24)19-27(32)29-21-6-13-25(37-2)26(18-21)41(35,36)30-14-16-38-17-15-30/h4-13,18H,3,14-17,19H2,1-2H3,(H,29,32). The largest absolute Gasteiger partial charge is 0.495 e. The highest BCUT2D eigenvalue weighted by Crippen LogP contribution is 2.31. The summed E-state index contributed by atoms with van der Waals surface area (Å²) >= 11 is 3.30. The molecule has 0 radical (unpaired) electrons. The van der Waals surface area contributed by atoms with Gasteiger partial charge in [-0.15, -0.1) is 0 Å². The Morgan fingerprint density at radius 3 is 2.27 bits per heavy atom. The lowest BCUT2D eigenvalue weighted by Crippen LogP contribution is -2.40. The Kier molecular flexibility index (Phi) is 9.92. The molecule has 3 aromatic rings. The number of benzene rings is 3. The Morgan fingerprint density at radius 2 is 1.66 bits per heavy atom. The van der Waals surface area contributed by atoms with Crippen molar-refractivity contribution in [3.63, 3.8) is 0 Å². The maximum Gasteiger partial charge on any atom is 0.264 e. The Morgan fingerprint density at radius 1 is 1.00 bits per heavy atom. The fourth-order valence-electron chi connectivity index (χ4n) is 4.14. The Hall–Kier alpha value is -3.17. The number of amides is 1. The lowest BCUT2D eigenvalue weighted by atomic mass is 10.3. The van der Waals surface area contributed by atoms with Gasteiger partial charge in [-0.3, -0.25) is 9.10 Å². The van der Waals surface area contributed by atoms with Gasteiger partial charge in [-0.25, -0.2) is 16.8 Å². The minimum atomic E-state index is -4.16. The van der Waals surface area contributed by atoms with Crippen LogP contribution in [0.3, 0.4) is 0 Å². The van der Waals surface area contributed by atoms with Crippen molar-refractivity contribution in [1.29, 1.82) is 0 Å². The van der Waals surface area contributed by atoms with Crippen molar-refractivity contribution in [3.05, 3.63) is 71.2 Å². The molecule has 1 fully saturated rings. The number of morpholine rings is 1. The molecule has 1 saturated heterocycles. The van der Waals surface area contributed by atoms with Crippen molar-refractivity contribution >= 4 is 53.3 Å². The average molecular weight is 669 g/mol. The van der Waals surface area contributed by atoms with Gasteiger partial charge in [-0.05, 0) is 73.7 Å². The molecule has 1 amide bonds. The molecule has 41 heavy (non-hydrogen) atoms. The zero-order valence-corrected chi connectivity index (χ0v) is 25.7. The Balaban J connectivity index is 1.63. The van der Waals surface area contributed by atoms with E-state index in [-0.39, 0.29) is 53.2 Å². The van der Waals surface area contributed by atoms with Gasteiger partial charge in [0.15, 0.2) is 0 Å². The second-order valence-corrected chi connectivity index (χ2v) is 13.5. The third kappa shape index (κ3) is 7.19. The van der Waals surface area contributed by atoms with E-state index in [9.17, 15) is 21.6 Å². The smallest absolute Gasteiger partial charge is 0.264 e. The molecular formula is C27H30BrN3O8S2. The van der Waals surface area contributed by atoms with Crippen LogP contribution in [-0.4, -0.2) is 73.6 Å². The molecule has 3 aromatic carbocycles. The topological polar surface area (TPSA) is 132 Å². The van der Waals surface area contributed by atoms with Crippen molar-refractivity contribution in [2.45, 2.75) is 16.7 Å². The highest BCUT2D eigenvalue weighted by molar-refractivity contribution is 9.10. The second kappa shape index (κ2) is 13.2. The molecule has 1 N–H and O–H groups in total. The monoisotopic (exact) mass is 667 g/mol. The highest BCUT2D eigenvalue weighted by Gasteiger charge is 2.31. The molecule has 0 spiro atoms. The van der Waals surface area contributed by atoms with Crippen molar-refractivity contribution < 1.29 is 35.8 Å². The van der Waals surface area contributed by atoms with Gasteiger partial charge in [0.1, 0.15) is 22.9 Å². The molecule has 0 aromatic heterocycles. The van der Waals surface area contributed by atoms with Gasteiger partial charge in [0.05, 0.1) is 37.5 Å². The number of nitrogens with one attached hydrogen (secondary N) is 1. The van der Waals surface area contributed by atoms with E-state index >= 15 is 0 Å². The molecular weight excluding hydrogens is 638 g/mol. The fourth-order valence-corrected chi connectivity index (χ4v) is 7.41. The van der Waals surface area contributed by atoms with Crippen molar-refractivity contribution in [2.75, 3.05) is 56.2 Å². The molecule has 220 valence electrons. The van der Waals surface area contributed by atoms with E-state index in [0.717, 1.165) is 4.31 Å². The van der Waals surface area contributed by atoms with Crippen molar-refractivity contribution in [2.24, 2.45) is 0 Å². The van der Waals surface area contributed by atoms with E-state index in [0.29, 0.717) is 16.8 Å². The number of halogens is 1. The quantitative estimate of drug-likeness (QED) is 0.327. The SMILES string of the molecule is CCOc1ccc(N(CC(=O)Nc2ccc(OC)c(S(=O)(=O)N3CCOCC3)c2)S(=O)(=O)c2ccc(Br)cc2)cc1. The van der Waals surface area contributed by atoms with E-state index < -0.39 is 32.5 Å². The summed E-state index contributed by atoms with van der Waals surface area (Å²) in [4.78, 5) is 13.1. The number of methoxy groups -OCH3 is 1. The molecule has 1 aliphatic rings. The zero-order valence-electron chi connectivity index (χ0n) is 22.4. The molecule has 14 heteroatoms. The molecule has 0 aliphatic carbocycles. The first-order valence-electron chi connectivity index (χ1n) is 12.6. The van der Waals surface area contributed by atoms with Crippen molar-refractivity contribution in [3.8, 4) is 11.5 Å². The summed E-state index contributed by atoms with van der Waals surface area (Å²) in [6, 6.07) is 16.6. The number of nitrogens with zero attached hydrogens (tertiary/aromatic N) is 2. The van der Waals surface area contributed by atoms with Crippen LogP contribution < -0.4 is 19.1 Å². The second-order valence-electron chi connectivity index (χ2n) is 8.82. The zero-order chi connectivity index (χ0) is 29.6. The number of hydrogen-bond acceptors (Lipinski definition) is 8. The van der Waals surface area contributed by atoms with Crippen molar-refractivity contribution in [1.82, 2.24) is 4.31 Å². The maximum absolute atomic E-state index is 13.7. The van der Waals surface area contributed by atoms with E-state index in [1.54, 1.807) is 36.4 Å². The number of rotatable bonds is 11. The van der Waals surface area contributed by atoms with Crippen LogP contribution in [0.15, 0.2) is 81.0 Å². The highest BCUT2D eigenvalue weighted by atomic mass is 79.9. The van der Waals surface area contributed by atoms with Gasteiger partial charge in [-0.2, -0.15) is 4.31 Å². The molecule has 1 heterocycles. The van der Waals surface area contributed by atoms with E-state index in [2.05, 4.69) is 21.2 Å². The average Bonchev–Trinajstić information content (AvgIpc) is 2.97. The number of ether oxygens (including phenoxy) is 3. The van der Waals surface area contributed by atoms with Gasteiger partial charge in [0, 0.05) is 23.2 Å². The summed E-state index contributed by atoms with van der Waals surface area (Å²) in [5.41, 5.74) is 0.409. The van der Waals surface area contributed by atoms with Crippen LogP contribution in [0.4, 0.5) is 11.4 Å². The molecule has 0 bridgehead atoms. The first kappa shape index (κ1) is 30.8. The van der Waals surface area contributed by atoms with Crippen LogP contribution >= 0.6 is 15.9 Å².